The van der Waals surface area contributed by atoms with Gasteiger partial charge in [0.25, 0.3) is 11.2 Å². The molecule has 0 saturated carbocycles. The summed E-state index contributed by atoms with van der Waals surface area (Å²) >= 11 is 3.22. The quantitative estimate of drug-likeness (QED) is 0.147. The van der Waals surface area contributed by atoms with Crippen LogP contribution in [0.3, 0.4) is 0 Å². The van der Waals surface area contributed by atoms with Crippen LogP contribution in [0.1, 0.15) is 11.8 Å². The van der Waals surface area contributed by atoms with Gasteiger partial charge in [0.05, 0.1) is 44.0 Å². The molecule has 2 aliphatic rings. The molecule has 17 nitrogen and oxygen atoms in total. The molecule has 5 rings (SSSR count). The number of nitro benzene ring substituents is 1. The largest absolute Gasteiger partial charge is 0.493 e. The Balaban J connectivity index is 1.37. The summed E-state index contributed by atoms with van der Waals surface area (Å²) in [5.74, 6) is 0.133. The molecule has 5 atom stereocenters. The average Bonchev–Trinajstić information content (AvgIpc) is 3.37. The first-order valence-electron chi connectivity index (χ1n) is 10.8. The maximum atomic E-state index is 13.3. The van der Waals surface area contributed by atoms with Crippen LogP contribution in [0.15, 0.2) is 21.7 Å². The van der Waals surface area contributed by atoms with Crippen LogP contribution in [0.2, 0.25) is 0 Å². The van der Waals surface area contributed by atoms with Crippen LogP contribution in [0.5, 0.6) is 11.5 Å². The first-order chi connectivity index (χ1) is 18.0. The molecule has 2 saturated heterocycles. The first-order valence-corrected chi connectivity index (χ1v) is 13.0. The number of anilines is 1. The van der Waals surface area contributed by atoms with Crippen molar-refractivity contribution in [3.05, 3.63) is 42.9 Å². The van der Waals surface area contributed by atoms with Crippen molar-refractivity contribution < 1.29 is 42.4 Å². The van der Waals surface area contributed by atoms with E-state index in [1.165, 1.54) is 24.9 Å². The Morgan fingerprint density at radius 1 is 1.34 bits per heavy atom. The van der Waals surface area contributed by atoms with Crippen LogP contribution in [0.25, 0.3) is 11.2 Å². The fourth-order valence-corrected chi connectivity index (χ4v) is 6.08. The average molecular weight is 619 g/mol. The monoisotopic (exact) mass is 618 g/mol. The minimum absolute atomic E-state index is 0.0148. The van der Waals surface area contributed by atoms with Gasteiger partial charge in [-0.05, 0) is 22.0 Å². The summed E-state index contributed by atoms with van der Waals surface area (Å²) in [6.07, 6.45) is -4.70. The van der Waals surface area contributed by atoms with E-state index >= 15 is 0 Å². The lowest BCUT2D eigenvalue weighted by molar-refractivity contribution is -0.385. The molecule has 19 heteroatoms. The number of fused-ring (bicyclic) bond motifs is 2. The number of benzene rings is 1. The van der Waals surface area contributed by atoms with E-state index in [0.717, 1.165) is 6.07 Å². The molecule has 204 valence electrons. The molecular weight excluding hydrogens is 599 g/mol. The lowest BCUT2D eigenvalue weighted by Crippen LogP contribution is -2.39. The molecule has 0 spiro atoms. The highest BCUT2D eigenvalue weighted by Gasteiger charge is 2.54. The zero-order valence-electron chi connectivity index (χ0n) is 19.6. The number of aromatic nitrogens is 4. The van der Waals surface area contributed by atoms with Crippen LogP contribution in [0.4, 0.5) is 11.6 Å². The van der Waals surface area contributed by atoms with Crippen molar-refractivity contribution in [2.45, 2.75) is 31.1 Å². The number of nitrogens with one attached hydrogen (secondary N) is 1. The van der Waals surface area contributed by atoms with Crippen LogP contribution >= 0.6 is 23.8 Å². The van der Waals surface area contributed by atoms with Gasteiger partial charge < -0.3 is 25.1 Å². The number of methoxy groups -OCH3 is 2. The molecule has 2 fully saturated rings. The first kappa shape index (κ1) is 26.5. The predicted molar refractivity (Wildman–Crippen MR) is 130 cm³/mol. The summed E-state index contributed by atoms with van der Waals surface area (Å²) in [4.78, 5) is 33.6. The van der Waals surface area contributed by atoms with Gasteiger partial charge in [-0.25, -0.2) is 9.55 Å². The molecule has 0 bridgehead atoms. The number of phosphoric acid groups is 1. The molecule has 1 unspecified atom stereocenters. The molecular formula is C19H20BrN6O11P. The summed E-state index contributed by atoms with van der Waals surface area (Å²) in [5, 5.41) is 22.6. The highest BCUT2D eigenvalue weighted by molar-refractivity contribution is 9.10. The van der Waals surface area contributed by atoms with E-state index in [1.54, 1.807) is 0 Å². The third-order valence-electron chi connectivity index (χ3n) is 5.90. The number of aliphatic hydroxyl groups excluding tert-OH is 1. The minimum atomic E-state index is -4.32. The summed E-state index contributed by atoms with van der Waals surface area (Å²) < 4.78 is 47.0. The third kappa shape index (κ3) is 4.53. The zero-order valence-corrected chi connectivity index (χ0v) is 22.1. The van der Waals surface area contributed by atoms with Crippen molar-refractivity contribution in [2.24, 2.45) is 0 Å². The van der Waals surface area contributed by atoms with E-state index in [0.29, 0.717) is 0 Å². The van der Waals surface area contributed by atoms with Crippen LogP contribution in [-0.4, -0.2) is 68.7 Å². The Hall–Kier alpha value is -3.12. The van der Waals surface area contributed by atoms with Crippen molar-refractivity contribution in [1.29, 1.82) is 0 Å². The normalized spacial score (nSPS) is 26.8. The molecule has 1 aromatic carbocycles. The number of aliphatic hydroxyl groups is 1. The summed E-state index contributed by atoms with van der Waals surface area (Å²) in [7, 11) is -1.64. The Bertz CT molecular complexity index is 1530. The number of aromatic amines is 1. The SMILES string of the molecule is COc1cc(COP2(=O)OC[C@H]3O[C@@H](n4c(Br)nc5c(=O)[nH]c(N)nc54)[C@H](O)[C@@H]3O2)c([N+](=O)[O-])cc1OC. The van der Waals surface area contributed by atoms with Crippen molar-refractivity contribution in [3.63, 3.8) is 0 Å². The summed E-state index contributed by atoms with van der Waals surface area (Å²) in [6, 6.07) is 2.45. The number of H-pyrrole nitrogens is 1. The highest BCUT2D eigenvalue weighted by atomic mass is 79.9. The number of nitro groups is 1. The molecule has 38 heavy (non-hydrogen) atoms. The number of ether oxygens (including phenoxy) is 3. The maximum Gasteiger partial charge on any atom is 0.475 e. The minimum Gasteiger partial charge on any atom is -0.493 e. The lowest BCUT2D eigenvalue weighted by atomic mass is 10.1. The van der Waals surface area contributed by atoms with E-state index in [1.807, 2.05) is 0 Å². The number of nitrogen functional groups attached to an aromatic ring is 1. The van der Waals surface area contributed by atoms with Crippen LogP contribution in [-0.2, 0) is 29.5 Å². The van der Waals surface area contributed by atoms with E-state index in [2.05, 4.69) is 30.9 Å². The van der Waals surface area contributed by atoms with Gasteiger partial charge >= 0.3 is 7.82 Å². The second-order valence-corrected chi connectivity index (χ2v) is 10.4. The zero-order chi connectivity index (χ0) is 27.4. The van der Waals surface area contributed by atoms with Gasteiger partial charge in [0, 0.05) is 0 Å². The fraction of sp³-hybridized carbons (Fsp3) is 0.421. The molecule has 0 aliphatic carbocycles. The smallest absolute Gasteiger partial charge is 0.475 e. The summed E-state index contributed by atoms with van der Waals surface area (Å²) in [5.41, 5.74) is 4.67. The van der Waals surface area contributed by atoms with Gasteiger partial charge in [-0.2, -0.15) is 4.98 Å². The lowest BCUT2D eigenvalue weighted by Gasteiger charge is -2.30. The van der Waals surface area contributed by atoms with E-state index in [9.17, 15) is 24.6 Å². The van der Waals surface area contributed by atoms with Gasteiger partial charge in [0.1, 0.15) is 18.3 Å². The van der Waals surface area contributed by atoms with Crippen LogP contribution in [0, 0.1) is 10.1 Å². The maximum absolute atomic E-state index is 13.3. The van der Waals surface area contributed by atoms with E-state index in [4.69, 9.17) is 33.5 Å². The molecule has 0 radical (unpaired) electrons. The number of phosphoric ester groups is 1. The van der Waals surface area contributed by atoms with Gasteiger partial charge in [0.2, 0.25) is 5.95 Å². The summed E-state index contributed by atoms with van der Waals surface area (Å²) in [6.45, 7) is -0.848. The Labute approximate surface area is 220 Å². The molecule has 2 aliphatic heterocycles. The van der Waals surface area contributed by atoms with E-state index in [-0.39, 0.29) is 51.2 Å². The van der Waals surface area contributed by atoms with Gasteiger partial charge in [-0.15, -0.1) is 0 Å². The standard InChI is InChI=1S/C19H20BrN6O11P/c1-32-9-3-7(8(26(29)30)4-10(9)33-2)5-34-38(31)35-6-11-14(37-38)13(27)17(36-11)25-15-12(22-18(25)20)16(28)24-19(21)23-15/h3-4,11,13-14,17,27H,5-6H2,1-2H3,(H3,21,23,24,28)/t11-,13-,14-,17-,38?/m1/s1. The second-order valence-electron chi connectivity index (χ2n) is 8.11. The highest BCUT2D eigenvalue weighted by Crippen LogP contribution is 2.57. The van der Waals surface area contributed by atoms with Crippen molar-refractivity contribution in [1.82, 2.24) is 19.5 Å². The van der Waals surface area contributed by atoms with Gasteiger partial charge in [-0.1, -0.05) is 0 Å². The third-order valence-corrected chi connectivity index (χ3v) is 7.87. The fourth-order valence-electron chi connectivity index (χ4n) is 4.15. The molecule has 4 heterocycles. The molecule has 2 aromatic heterocycles. The molecule has 3 aromatic rings. The molecule has 0 amide bonds. The Morgan fingerprint density at radius 2 is 2.05 bits per heavy atom. The van der Waals surface area contributed by atoms with Crippen molar-refractivity contribution in [3.8, 4) is 11.5 Å². The topological polar surface area (TPSA) is 225 Å². The number of hydrogen-bond acceptors (Lipinski definition) is 14. The number of nitrogens with zero attached hydrogens (tertiary/aromatic N) is 4. The van der Waals surface area contributed by atoms with Gasteiger partial charge in [0.15, 0.2) is 33.6 Å². The van der Waals surface area contributed by atoms with Crippen molar-refractivity contribution in [2.75, 3.05) is 26.6 Å². The number of hydrogen-bond donors (Lipinski definition) is 3. The number of rotatable bonds is 7. The number of imidazole rings is 1. The predicted octanol–water partition coefficient (Wildman–Crippen LogP) is 1.39. The molecule has 4 N–H and O–H groups in total. The number of nitrogens with two attached hydrogens (primary N) is 1. The number of halogens is 1. The van der Waals surface area contributed by atoms with Crippen molar-refractivity contribution >= 4 is 46.6 Å². The Morgan fingerprint density at radius 3 is 2.74 bits per heavy atom. The van der Waals surface area contributed by atoms with E-state index < -0.39 is 49.5 Å². The Kier molecular flexibility index (Phi) is 6.89. The second kappa shape index (κ2) is 9.88. The van der Waals surface area contributed by atoms with Gasteiger partial charge in [-0.3, -0.25) is 38.0 Å². The van der Waals surface area contributed by atoms with Crippen LogP contribution < -0.4 is 20.8 Å².